The van der Waals surface area contributed by atoms with Gasteiger partial charge in [-0.25, -0.2) is 0 Å². The lowest BCUT2D eigenvalue weighted by Gasteiger charge is -2.04. The minimum absolute atomic E-state index is 0.145. The second-order valence-corrected chi connectivity index (χ2v) is 2.30. The van der Waals surface area contributed by atoms with Crippen molar-refractivity contribution in [3.8, 4) is 0 Å². The predicted molar refractivity (Wildman–Crippen MR) is 38.5 cm³/mol. The lowest BCUT2D eigenvalue weighted by atomic mass is 10.3. The van der Waals surface area contributed by atoms with E-state index in [4.69, 9.17) is 10.8 Å². The molecule has 0 heterocycles. The molecule has 1 unspecified atom stereocenters. The molecule has 0 fully saturated rings. The maximum absolute atomic E-state index is 10.6. The van der Waals surface area contributed by atoms with Gasteiger partial charge in [0.25, 0.3) is 0 Å². The Labute approximate surface area is 64.6 Å². The molecule has 0 rings (SSSR count). The first-order chi connectivity index (χ1) is 5.02. The van der Waals surface area contributed by atoms with Crippen LogP contribution in [-0.2, 0) is 9.59 Å². The van der Waals surface area contributed by atoms with Crippen LogP contribution in [0.1, 0.15) is 13.3 Å². The van der Waals surface area contributed by atoms with Crippen LogP contribution in [0.25, 0.3) is 0 Å². The largest absolute Gasteiger partial charge is 0.392 e. The molecular formula is C6H12N2O3. The molecule has 2 amide bonds. The molecule has 0 saturated heterocycles. The predicted octanol–water partition coefficient (Wildman–Crippen LogP) is -1.64. The van der Waals surface area contributed by atoms with Crippen molar-refractivity contribution in [2.24, 2.45) is 5.73 Å². The molecule has 11 heavy (non-hydrogen) atoms. The monoisotopic (exact) mass is 160 g/mol. The van der Waals surface area contributed by atoms with E-state index in [9.17, 15) is 9.59 Å². The highest BCUT2D eigenvalue weighted by molar-refractivity contribution is 5.95. The summed E-state index contributed by atoms with van der Waals surface area (Å²) in [5.41, 5.74) is 4.74. The van der Waals surface area contributed by atoms with Gasteiger partial charge in [-0.1, -0.05) is 0 Å². The third kappa shape index (κ3) is 6.79. The average Bonchev–Trinajstić information content (AvgIpc) is 1.82. The van der Waals surface area contributed by atoms with Crippen molar-refractivity contribution in [3.63, 3.8) is 0 Å². The zero-order chi connectivity index (χ0) is 8.85. The second-order valence-electron chi connectivity index (χ2n) is 2.30. The zero-order valence-electron chi connectivity index (χ0n) is 6.33. The number of rotatable bonds is 4. The molecule has 5 heteroatoms. The van der Waals surface area contributed by atoms with Crippen molar-refractivity contribution in [3.05, 3.63) is 0 Å². The number of nitrogens with two attached hydrogens (primary N) is 1. The lowest BCUT2D eigenvalue weighted by molar-refractivity contribution is -0.127. The van der Waals surface area contributed by atoms with Crippen molar-refractivity contribution in [2.75, 3.05) is 6.54 Å². The van der Waals surface area contributed by atoms with E-state index in [1.54, 1.807) is 0 Å². The van der Waals surface area contributed by atoms with Crippen LogP contribution in [0.15, 0.2) is 0 Å². The maximum atomic E-state index is 10.6. The van der Waals surface area contributed by atoms with Crippen LogP contribution in [0.5, 0.6) is 0 Å². The standard InChI is InChI=1S/C6H12N2O3/c1-4(9)3-8-6(11)2-5(7)10/h4,9H,2-3H2,1H3,(H2,7,10)(H,8,11). The Morgan fingerprint density at radius 1 is 1.64 bits per heavy atom. The Morgan fingerprint density at radius 2 is 2.18 bits per heavy atom. The summed E-state index contributed by atoms with van der Waals surface area (Å²) in [5, 5.41) is 11.0. The Kier molecular flexibility index (Phi) is 4.21. The highest BCUT2D eigenvalue weighted by Gasteiger charge is 2.05. The van der Waals surface area contributed by atoms with E-state index in [1.165, 1.54) is 6.92 Å². The maximum Gasteiger partial charge on any atom is 0.229 e. The SMILES string of the molecule is CC(O)CNC(=O)CC(N)=O. The first kappa shape index (κ1) is 9.90. The van der Waals surface area contributed by atoms with Gasteiger partial charge in [-0.05, 0) is 6.92 Å². The van der Waals surface area contributed by atoms with Crippen LogP contribution in [0, 0.1) is 0 Å². The highest BCUT2D eigenvalue weighted by Crippen LogP contribution is 1.79. The van der Waals surface area contributed by atoms with Gasteiger partial charge in [-0.3, -0.25) is 9.59 Å². The number of hydrogen-bond donors (Lipinski definition) is 3. The summed E-state index contributed by atoms with van der Waals surface area (Å²) in [5.74, 6) is -1.13. The summed E-state index contributed by atoms with van der Waals surface area (Å²) < 4.78 is 0. The highest BCUT2D eigenvalue weighted by atomic mass is 16.3. The van der Waals surface area contributed by atoms with Crippen molar-refractivity contribution in [1.82, 2.24) is 5.32 Å². The van der Waals surface area contributed by atoms with E-state index >= 15 is 0 Å². The zero-order valence-corrected chi connectivity index (χ0v) is 6.33. The van der Waals surface area contributed by atoms with Crippen molar-refractivity contribution >= 4 is 11.8 Å². The average molecular weight is 160 g/mol. The van der Waals surface area contributed by atoms with Crippen molar-refractivity contribution in [2.45, 2.75) is 19.4 Å². The van der Waals surface area contributed by atoms with Gasteiger partial charge in [0.05, 0.1) is 6.10 Å². The van der Waals surface area contributed by atoms with Gasteiger partial charge in [-0.2, -0.15) is 0 Å². The van der Waals surface area contributed by atoms with Gasteiger partial charge in [-0.15, -0.1) is 0 Å². The Morgan fingerprint density at radius 3 is 2.55 bits per heavy atom. The van der Waals surface area contributed by atoms with Gasteiger partial charge in [0.1, 0.15) is 6.42 Å². The molecule has 0 aromatic rings. The van der Waals surface area contributed by atoms with E-state index in [0.717, 1.165) is 0 Å². The fourth-order valence-electron chi connectivity index (χ4n) is 0.482. The van der Waals surface area contributed by atoms with E-state index in [0.29, 0.717) is 0 Å². The number of hydrogen-bond acceptors (Lipinski definition) is 3. The molecule has 0 aliphatic carbocycles. The van der Waals surface area contributed by atoms with Crippen LogP contribution in [0.3, 0.4) is 0 Å². The smallest absolute Gasteiger partial charge is 0.229 e. The minimum Gasteiger partial charge on any atom is -0.392 e. The van der Waals surface area contributed by atoms with E-state index < -0.39 is 17.9 Å². The number of nitrogens with one attached hydrogen (secondary N) is 1. The van der Waals surface area contributed by atoms with Crippen LogP contribution >= 0.6 is 0 Å². The molecular weight excluding hydrogens is 148 g/mol. The first-order valence-electron chi connectivity index (χ1n) is 3.25. The molecule has 0 aromatic heterocycles. The summed E-state index contributed by atoms with van der Waals surface area (Å²) in [6.07, 6.45) is -0.931. The van der Waals surface area contributed by atoms with Crippen molar-refractivity contribution < 1.29 is 14.7 Å². The fraction of sp³-hybridized carbons (Fsp3) is 0.667. The summed E-state index contributed by atoms with van der Waals surface area (Å²) in [7, 11) is 0. The van der Waals surface area contributed by atoms with E-state index in [2.05, 4.69) is 5.32 Å². The molecule has 0 saturated carbocycles. The van der Waals surface area contributed by atoms with Crippen LogP contribution < -0.4 is 11.1 Å². The molecule has 0 aromatic carbocycles. The van der Waals surface area contributed by atoms with Gasteiger partial charge >= 0.3 is 0 Å². The molecule has 0 spiro atoms. The molecule has 64 valence electrons. The Bertz CT molecular complexity index is 156. The molecule has 0 bridgehead atoms. The lowest BCUT2D eigenvalue weighted by Crippen LogP contribution is -2.33. The fourth-order valence-corrected chi connectivity index (χ4v) is 0.482. The Hall–Kier alpha value is -1.10. The number of aliphatic hydroxyl groups excluding tert-OH is 1. The molecule has 0 radical (unpaired) electrons. The van der Waals surface area contributed by atoms with Crippen LogP contribution in [-0.4, -0.2) is 29.6 Å². The van der Waals surface area contributed by atoms with Gasteiger partial charge in [0.2, 0.25) is 11.8 Å². The first-order valence-corrected chi connectivity index (χ1v) is 3.25. The van der Waals surface area contributed by atoms with Gasteiger partial charge < -0.3 is 16.2 Å². The van der Waals surface area contributed by atoms with Crippen LogP contribution in [0.2, 0.25) is 0 Å². The number of amides is 2. The minimum atomic E-state index is -0.673. The number of primary amides is 1. The summed E-state index contributed by atoms with van der Waals surface area (Å²) in [6.45, 7) is 1.68. The third-order valence-corrected chi connectivity index (χ3v) is 0.929. The summed E-state index contributed by atoms with van der Waals surface area (Å²) in [6, 6.07) is 0. The molecule has 0 aliphatic rings. The van der Waals surface area contributed by atoms with Crippen molar-refractivity contribution in [1.29, 1.82) is 0 Å². The topological polar surface area (TPSA) is 92.4 Å². The quantitative estimate of drug-likeness (QED) is 0.430. The number of carbonyl (C=O) groups is 2. The van der Waals surface area contributed by atoms with Gasteiger partial charge in [0, 0.05) is 6.54 Å². The summed E-state index contributed by atoms with van der Waals surface area (Å²) >= 11 is 0. The Balaban J connectivity index is 3.46. The molecule has 5 nitrogen and oxygen atoms in total. The van der Waals surface area contributed by atoms with E-state index in [-0.39, 0.29) is 13.0 Å². The number of carbonyl (C=O) groups excluding carboxylic acids is 2. The molecule has 1 atom stereocenters. The summed E-state index contributed by atoms with van der Waals surface area (Å²) in [4.78, 5) is 20.8. The number of aliphatic hydroxyl groups is 1. The van der Waals surface area contributed by atoms with Gasteiger partial charge in [0.15, 0.2) is 0 Å². The normalized spacial score (nSPS) is 12.2. The molecule has 0 aliphatic heterocycles. The van der Waals surface area contributed by atoms with E-state index in [1.807, 2.05) is 0 Å². The second kappa shape index (κ2) is 4.68. The third-order valence-electron chi connectivity index (χ3n) is 0.929. The van der Waals surface area contributed by atoms with Crippen LogP contribution in [0.4, 0.5) is 0 Å². The molecule has 4 N–H and O–H groups in total.